The first kappa shape index (κ1) is 18.2. The van der Waals surface area contributed by atoms with Crippen molar-refractivity contribution < 1.29 is 19.4 Å². The Balaban J connectivity index is 1.77. The van der Waals surface area contributed by atoms with Gasteiger partial charge in [0.05, 0.1) is 17.0 Å². The number of aliphatic hydroxyl groups is 1. The van der Waals surface area contributed by atoms with Crippen LogP contribution in [0, 0.1) is 5.92 Å². The van der Waals surface area contributed by atoms with E-state index in [1.807, 2.05) is 31.2 Å². The minimum absolute atomic E-state index is 0.0833. The standard InChI is InChI=1S/C17H24BrNO4/c1-2-22-17(21)13-6-5-9-19(10-13)11-14(20)12-23-16-8-4-3-7-15(16)18/h3-4,7-8,13-14,20H,2,5-6,9-12H2,1H3/t13-,14+/m1/s1. The molecule has 128 valence electrons. The number of aliphatic hydroxyl groups excluding tert-OH is 1. The normalized spacial score (nSPS) is 20.0. The molecule has 1 fully saturated rings. The number of piperidine rings is 1. The molecule has 1 aromatic rings. The predicted molar refractivity (Wildman–Crippen MR) is 91.4 cm³/mol. The zero-order chi connectivity index (χ0) is 16.7. The number of esters is 1. The lowest BCUT2D eigenvalue weighted by molar-refractivity contribution is -0.150. The molecule has 0 radical (unpaired) electrons. The highest BCUT2D eigenvalue weighted by molar-refractivity contribution is 9.10. The number of likely N-dealkylation sites (tertiary alicyclic amines) is 1. The van der Waals surface area contributed by atoms with Crippen molar-refractivity contribution in [1.29, 1.82) is 0 Å². The highest BCUT2D eigenvalue weighted by atomic mass is 79.9. The van der Waals surface area contributed by atoms with Crippen molar-refractivity contribution in [3.63, 3.8) is 0 Å². The molecule has 0 saturated carbocycles. The summed E-state index contributed by atoms with van der Waals surface area (Å²) >= 11 is 3.41. The Labute approximate surface area is 145 Å². The number of ether oxygens (including phenoxy) is 2. The molecule has 0 amide bonds. The summed E-state index contributed by atoms with van der Waals surface area (Å²) in [4.78, 5) is 13.9. The van der Waals surface area contributed by atoms with Crippen LogP contribution in [0.25, 0.3) is 0 Å². The van der Waals surface area contributed by atoms with Crippen LogP contribution in [-0.4, -0.2) is 54.9 Å². The molecule has 1 N–H and O–H groups in total. The van der Waals surface area contributed by atoms with E-state index in [0.29, 0.717) is 19.7 Å². The maximum atomic E-state index is 11.8. The van der Waals surface area contributed by atoms with Gasteiger partial charge in [-0.15, -0.1) is 0 Å². The van der Waals surface area contributed by atoms with Gasteiger partial charge in [-0.25, -0.2) is 0 Å². The van der Waals surface area contributed by atoms with Crippen LogP contribution in [0.3, 0.4) is 0 Å². The fourth-order valence-corrected chi connectivity index (χ4v) is 3.17. The van der Waals surface area contributed by atoms with Gasteiger partial charge in [0, 0.05) is 13.1 Å². The highest BCUT2D eigenvalue weighted by Gasteiger charge is 2.27. The Morgan fingerprint density at radius 1 is 1.48 bits per heavy atom. The smallest absolute Gasteiger partial charge is 0.310 e. The number of hydrogen-bond donors (Lipinski definition) is 1. The van der Waals surface area contributed by atoms with Crippen LogP contribution in [0.2, 0.25) is 0 Å². The first-order valence-electron chi connectivity index (χ1n) is 8.04. The summed E-state index contributed by atoms with van der Waals surface area (Å²) in [7, 11) is 0. The number of carbonyl (C=O) groups is 1. The quantitative estimate of drug-likeness (QED) is 0.730. The van der Waals surface area contributed by atoms with Crippen LogP contribution in [0.5, 0.6) is 5.75 Å². The summed E-state index contributed by atoms with van der Waals surface area (Å²) < 4.78 is 11.6. The molecule has 1 aliphatic heterocycles. The van der Waals surface area contributed by atoms with Gasteiger partial charge in [-0.05, 0) is 54.4 Å². The molecule has 1 heterocycles. The lowest BCUT2D eigenvalue weighted by atomic mass is 9.98. The molecule has 2 rings (SSSR count). The summed E-state index contributed by atoms with van der Waals surface area (Å²) in [5.41, 5.74) is 0. The Morgan fingerprint density at radius 3 is 3.00 bits per heavy atom. The Bertz CT molecular complexity index is 511. The third-order valence-corrected chi connectivity index (χ3v) is 4.52. The number of carbonyl (C=O) groups excluding carboxylic acids is 1. The second-order valence-corrected chi connectivity index (χ2v) is 6.60. The second kappa shape index (κ2) is 9.25. The molecule has 1 aromatic carbocycles. The Morgan fingerprint density at radius 2 is 2.26 bits per heavy atom. The van der Waals surface area contributed by atoms with Crippen molar-refractivity contribution in [3.05, 3.63) is 28.7 Å². The summed E-state index contributed by atoms with van der Waals surface area (Å²) in [6.07, 6.45) is 1.21. The average molecular weight is 386 g/mol. The van der Waals surface area contributed by atoms with Crippen molar-refractivity contribution >= 4 is 21.9 Å². The van der Waals surface area contributed by atoms with Gasteiger partial charge in [0.15, 0.2) is 0 Å². The Kier molecular flexibility index (Phi) is 7.33. The molecule has 1 saturated heterocycles. The predicted octanol–water partition coefficient (Wildman–Crippen LogP) is 2.46. The molecular weight excluding hydrogens is 362 g/mol. The summed E-state index contributed by atoms with van der Waals surface area (Å²) in [5, 5.41) is 10.2. The van der Waals surface area contributed by atoms with Crippen molar-refractivity contribution in [3.8, 4) is 5.75 Å². The minimum Gasteiger partial charge on any atom is -0.490 e. The van der Waals surface area contributed by atoms with Crippen molar-refractivity contribution in [2.45, 2.75) is 25.9 Å². The second-order valence-electron chi connectivity index (χ2n) is 5.75. The van der Waals surface area contributed by atoms with E-state index in [1.54, 1.807) is 0 Å². The van der Waals surface area contributed by atoms with Crippen LogP contribution in [-0.2, 0) is 9.53 Å². The van der Waals surface area contributed by atoms with E-state index in [1.165, 1.54) is 0 Å². The SMILES string of the molecule is CCOC(=O)[C@@H]1CCCN(C[C@H](O)COc2ccccc2Br)C1. The topological polar surface area (TPSA) is 59.0 Å². The number of nitrogens with zero attached hydrogens (tertiary/aromatic N) is 1. The molecule has 0 spiro atoms. The number of para-hydroxylation sites is 1. The first-order valence-corrected chi connectivity index (χ1v) is 8.83. The van der Waals surface area contributed by atoms with E-state index in [0.717, 1.165) is 29.6 Å². The number of benzene rings is 1. The monoisotopic (exact) mass is 385 g/mol. The van der Waals surface area contributed by atoms with Gasteiger partial charge in [0.1, 0.15) is 18.5 Å². The van der Waals surface area contributed by atoms with Crippen molar-refractivity contribution in [1.82, 2.24) is 4.90 Å². The maximum absolute atomic E-state index is 11.8. The molecule has 5 nitrogen and oxygen atoms in total. The molecule has 2 atom stereocenters. The fourth-order valence-electron chi connectivity index (χ4n) is 2.77. The minimum atomic E-state index is -0.594. The molecule has 0 bridgehead atoms. The summed E-state index contributed by atoms with van der Waals surface area (Å²) in [6.45, 7) is 4.50. The van der Waals surface area contributed by atoms with Crippen LogP contribution >= 0.6 is 15.9 Å². The van der Waals surface area contributed by atoms with Crippen LogP contribution in [0.4, 0.5) is 0 Å². The molecule has 1 aliphatic rings. The van der Waals surface area contributed by atoms with Crippen LogP contribution in [0.1, 0.15) is 19.8 Å². The van der Waals surface area contributed by atoms with Gasteiger partial charge >= 0.3 is 5.97 Å². The first-order chi connectivity index (χ1) is 11.1. The fraction of sp³-hybridized carbons (Fsp3) is 0.588. The van der Waals surface area contributed by atoms with E-state index in [2.05, 4.69) is 20.8 Å². The molecule has 0 unspecified atom stereocenters. The van der Waals surface area contributed by atoms with Crippen LogP contribution < -0.4 is 4.74 Å². The van der Waals surface area contributed by atoms with E-state index < -0.39 is 6.10 Å². The Hall–Kier alpha value is -1.11. The third-order valence-electron chi connectivity index (χ3n) is 3.86. The van der Waals surface area contributed by atoms with E-state index in [4.69, 9.17) is 9.47 Å². The highest BCUT2D eigenvalue weighted by Crippen LogP contribution is 2.24. The average Bonchev–Trinajstić information content (AvgIpc) is 2.54. The van der Waals surface area contributed by atoms with Gasteiger partial charge in [-0.1, -0.05) is 12.1 Å². The number of rotatable bonds is 7. The molecule has 6 heteroatoms. The third kappa shape index (κ3) is 5.79. The van der Waals surface area contributed by atoms with Gasteiger partial charge in [-0.2, -0.15) is 0 Å². The van der Waals surface area contributed by atoms with Gasteiger partial charge in [0.25, 0.3) is 0 Å². The number of halogens is 1. The van der Waals surface area contributed by atoms with E-state index >= 15 is 0 Å². The van der Waals surface area contributed by atoms with E-state index in [-0.39, 0.29) is 18.5 Å². The zero-order valence-electron chi connectivity index (χ0n) is 13.4. The van der Waals surface area contributed by atoms with E-state index in [9.17, 15) is 9.90 Å². The molecule has 0 aliphatic carbocycles. The zero-order valence-corrected chi connectivity index (χ0v) is 15.0. The summed E-state index contributed by atoms with van der Waals surface area (Å²) in [5.74, 6) is 0.505. The summed E-state index contributed by atoms with van der Waals surface area (Å²) in [6, 6.07) is 7.56. The van der Waals surface area contributed by atoms with Crippen LogP contribution in [0.15, 0.2) is 28.7 Å². The molecular formula is C17H24BrNO4. The molecule has 0 aromatic heterocycles. The van der Waals surface area contributed by atoms with Crippen molar-refractivity contribution in [2.24, 2.45) is 5.92 Å². The van der Waals surface area contributed by atoms with Gasteiger partial charge in [-0.3, -0.25) is 9.69 Å². The maximum Gasteiger partial charge on any atom is 0.310 e. The number of β-amino-alcohol motifs (C(OH)–C–C–N with tert-alkyl or cyclic N) is 1. The molecule has 23 heavy (non-hydrogen) atoms. The number of hydrogen-bond acceptors (Lipinski definition) is 5. The van der Waals surface area contributed by atoms with Gasteiger partial charge < -0.3 is 14.6 Å². The largest absolute Gasteiger partial charge is 0.490 e. The lowest BCUT2D eigenvalue weighted by Crippen LogP contribution is -2.44. The lowest BCUT2D eigenvalue weighted by Gasteiger charge is -2.32. The van der Waals surface area contributed by atoms with Crippen molar-refractivity contribution in [2.75, 3.05) is 32.8 Å². The van der Waals surface area contributed by atoms with Gasteiger partial charge in [0.2, 0.25) is 0 Å².